The first-order valence-electron chi connectivity index (χ1n) is 5.95. The van der Waals surface area contributed by atoms with E-state index in [9.17, 15) is 22.8 Å². The lowest BCUT2D eigenvalue weighted by Crippen LogP contribution is -2.06. The van der Waals surface area contributed by atoms with Crippen LogP contribution in [0.1, 0.15) is 26.3 Å². The van der Waals surface area contributed by atoms with Crippen LogP contribution in [-0.2, 0) is 0 Å². The van der Waals surface area contributed by atoms with Gasteiger partial charge in [-0.1, -0.05) is 6.07 Å². The van der Waals surface area contributed by atoms with Gasteiger partial charge >= 0.3 is 18.6 Å². The number of benzene rings is 1. The van der Waals surface area contributed by atoms with E-state index >= 15 is 0 Å². The largest absolute Gasteiger partial charge is 0.478 e. The standard InChI is InChI=1S/C9H8O4.C4H4N2.CHF3/c1-5-6(8(10)11)3-2-4-7(5)9(12)13;1-2-6-4-3-5-1;2-1(3)4/h2-4H,1H3,(H,10,11)(H,12,13);1-4H;1H. The Labute approximate surface area is 129 Å². The molecule has 0 saturated carbocycles. The first kappa shape index (κ1) is 20.0. The highest BCUT2D eigenvalue weighted by atomic mass is 19.4. The molecule has 1 aromatic heterocycles. The van der Waals surface area contributed by atoms with Crippen LogP contribution in [0.4, 0.5) is 13.2 Å². The van der Waals surface area contributed by atoms with E-state index in [1.165, 1.54) is 25.1 Å². The van der Waals surface area contributed by atoms with Crippen LogP contribution in [0.25, 0.3) is 0 Å². The van der Waals surface area contributed by atoms with Crippen LogP contribution in [0.3, 0.4) is 0 Å². The van der Waals surface area contributed by atoms with E-state index < -0.39 is 18.6 Å². The lowest BCUT2D eigenvalue weighted by molar-refractivity contribution is 0.00816. The molecule has 9 heteroatoms. The van der Waals surface area contributed by atoms with Gasteiger partial charge in [-0.15, -0.1) is 0 Å². The second-order valence-corrected chi connectivity index (χ2v) is 3.73. The van der Waals surface area contributed by atoms with Gasteiger partial charge in [0.15, 0.2) is 0 Å². The average Bonchev–Trinajstić information content (AvgIpc) is 2.48. The maximum Gasteiger partial charge on any atom is 0.379 e. The molecular formula is C14H13F3N2O4. The number of rotatable bonds is 2. The molecule has 0 spiro atoms. The van der Waals surface area contributed by atoms with E-state index in [4.69, 9.17) is 10.2 Å². The first-order valence-corrected chi connectivity index (χ1v) is 5.95. The number of carbonyl (C=O) groups is 2. The van der Waals surface area contributed by atoms with E-state index in [1.54, 1.807) is 24.8 Å². The Balaban J connectivity index is 0.000000398. The van der Waals surface area contributed by atoms with Crippen LogP contribution in [0.5, 0.6) is 0 Å². The molecule has 0 atom stereocenters. The fourth-order valence-electron chi connectivity index (χ4n) is 1.35. The number of alkyl halides is 3. The zero-order valence-corrected chi connectivity index (χ0v) is 11.9. The van der Waals surface area contributed by atoms with E-state index in [-0.39, 0.29) is 16.7 Å². The second-order valence-electron chi connectivity index (χ2n) is 3.73. The topological polar surface area (TPSA) is 100 Å². The Bertz CT molecular complexity index is 563. The van der Waals surface area contributed by atoms with Crippen molar-refractivity contribution in [2.75, 3.05) is 0 Å². The Morgan fingerprint density at radius 3 is 1.43 bits per heavy atom. The number of hydrogen-bond acceptors (Lipinski definition) is 4. The van der Waals surface area contributed by atoms with E-state index in [0.29, 0.717) is 0 Å². The number of aromatic carboxylic acids is 2. The summed E-state index contributed by atoms with van der Waals surface area (Å²) in [6.45, 7) is -2.19. The molecule has 0 saturated heterocycles. The van der Waals surface area contributed by atoms with Crippen molar-refractivity contribution in [3.63, 3.8) is 0 Å². The SMILES string of the molecule is Cc1c(C(=O)O)cccc1C(=O)O.FC(F)F.c1cnccn1. The van der Waals surface area contributed by atoms with Crippen molar-refractivity contribution >= 4 is 11.9 Å². The van der Waals surface area contributed by atoms with Crippen LogP contribution < -0.4 is 0 Å². The number of nitrogens with zero attached hydrogens (tertiary/aromatic N) is 2. The zero-order valence-electron chi connectivity index (χ0n) is 11.9. The minimum Gasteiger partial charge on any atom is -0.478 e. The summed E-state index contributed by atoms with van der Waals surface area (Å²) in [4.78, 5) is 28.7. The Kier molecular flexibility index (Phi) is 9.33. The van der Waals surface area contributed by atoms with Crippen LogP contribution >= 0.6 is 0 Å². The summed E-state index contributed by atoms with van der Waals surface area (Å²) in [5, 5.41) is 17.4. The lowest BCUT2D eigenvalue weighted by Gasteiger charge is -2.03. The molecule has 6 nitrogen and oxygen atoms in total. The Morgan fingerprint density at radius 2 is 1.22 bits per heavy atom. The highest BCUT2D eigenvalue weighted by Crippen LogP contribution is 2.13. The molecule has 0 amide bonds. The highest BCUT2D eigenvalue weighted by Gasteiger charge is 2.13. The third kappa shape index (κ3) is 8.81. The summed E-state index contributed by atoms with van der Waals surface area (Å²) in [5.41, 5.74) is 0.335. The van der Waals surface area contributed by atoms with Gasteiger partial charge in [0, 0.05) is 24.8 Å². The lowest BCUT2D eigenvalue weighted by atomic mass is 10.0. The fourth-order valence-corrected chi connectivity index (χ4v) is 1.35. The van der Waals surface area contributed by atoms with Gasteiger partial charge in [0.25, 0.3) is 0 Å². The molecule has 0 fully saturated rings. The predicted molar refractivity (Wildman–Crippen MR) is 74.2 cm³/mol. The molecule has 2 N–H and O–H groups in total. The van der Waals surface area contributed by atoms with E-state index in [0.717, 1.165) is 0 Å². The molecular weight excluding hydrogens is 317 g/mol. The maximum absolute atomic E-state index is 10.6. The molecule has 0 radical (unpaired) electrons. The minimum absolute atomic E-state index is 0.0277. The summed E-state index contributed by atoms with van der Waals surface area (Å²) in [6.07, 6.45) is 6.56. The molecule has 0 aliphatic rings. The van der Waals surface area contributed by atoms with Crippen LogP contribution in [0.2, 0.25) is 0 Å². The molecule has 0 unspecified atom stereocenters. The van der Waals surface area contributed by atoms with Crippen molar-refractivity contribution < 1.29 is 33.0 Å². The van der Waals surface area contributed by atoms with Crippen molar-refractivity contribution in [2.24, 2.45) is 0 Å². The first-order chi connectivity index (χ1) is 10.8. The van der Waals surface area contributed by atoms with Crippen molar-refractivity contribution in [2.45, 2.75) is 13.6 Å². The highest BCUT2D eigenvalue weighted by molar-refractivity contribution is 5.96. The Morgan fingerprint density at radius 1 is 0.913 bits per heavy atom. The summed E-state index contributed by atoms with van der Waals surface area (Å²) in [6, 6.07) is 4.17. The molecule has 0 aliphatic heterocycles. The molecule has 1 heterocycles. The molecule has 124 valence electrons. The van der Waals surface area contributed by atoms with Crippen LogP contribution in [-0.4, -0.2) is 38.8 Å². The molecule has 23 heavy (non-hydrogen) atoms. The van der Waals surface area contributed by atoms with Gasteiger partial charge in [0.1, 0.15) is 0 Å². The van der Waals surface area contributed by atoms with Crippen LogP contribution in [0.15, 0.2) is 43.0 Å². The second kappa shape index (κ2) is 10.7. The number of carboxylic acids is 2. The molecule has 1 aromatic carbocycles. The van der Waals surface area contributed by atoms with Crippen molar-refractivity contribution in [3.8, 4) is 0 Å². The van der Waals surface area contributed by atoms with Gasteiger partial charge in [-0.3, -0.25) is 9.97 Å². The average molecular weight is 330 g/mol. The van der Waals surface area contributed by atoms with Gasteiger partial charge < -0.3 is 10.2 Å². The number of carboxylic acid groups (broad SMARTS) is 2. The van der Waals surface area contributed by atoms with Crippen LogP contribution in [0, 0.1) is 6.92 Å². The number of hydrogen-bond donors (Lipinski definition) is 2. The predicted octanol–water partition coefficient (Wildman–Crippen LogP) is 3.05. The molecule has 0 bridgehead atoms. The molecule has 2 aromatic rings. The quantitative estimate of drug-likeness (QED) is 0.878. The maximum atomic E-state index is 10.6. The summed E-state index contributed by atoms with van der Waals surface area (Å²) >= 11 is 0. The Hall–Kier alpha value is -2.97. The summed E-state index contributed by atoms with van der Waals surface area (Å²) < 4.78 is 29.0. The van der Waals surface area contributed by atoms with Gasteiger partial charge in [-0.05, 0) is 24.6 Å². The van der Waals surface area contributed by atoms with Gasteiger partial charge in [0.05, 0.1) is 11.1 Å². The van der Waals surface area contributed by atoms with Gasteiger partial charge in [0.2, 0.25) is 0 Å². The fraction of sp³-hybridized carbons (Fsp3) is 0.143. The van der Waals surface area contributed by atoms with Gasteiger partial charge in [-0.2, -0.15) is 13.2 Å². The minimum atomic E-state index is -3.67. The van der Waals surface area contributed by atoms with E-state index in [2.05, 4.69) is 9.97 Å². The van der Waals surface area contributed by atoms with E-state index in [1.807, 2.05) is 0 Å². The zero-order chi connectivity index (χ0) is 17.8. The molecule has 0 aliphatic carbocycles. The third-order valence-electron chi connectivity index (χ3n) is 2.27. The van der Waals surface area contributed by atoms with Crippen molar-refractivity contribution in [1.29, 1.82) is 0 Å². The number of halogens is 3. The monoisotopic (exact) mass is 330 g/mol. The van der Waals surface area contributed by atoms with Crippen molar-refractivity contribution in [3.05, 3.63) is 59.7 Å². The normalized spacial score (nSPS) is 9.09. The van der Waals surface area contributed by atoms with Gasteiger partial charge in [-0.25, -0.2) is 9.59 Å². The summed E-state index contributed by atoms with van der Waals surface area (Å²) in [7, 11) is 0. The summed E-state index contributed by atoms with van der Waals surface area (Å²) in [5.74, 6) is -2.22. The number of aromatic nitrogens is 2. The smallest absolute Gasteiger partial charge is 0.379 e. The third-order valence-corrected chi connectivity index (χ3v) is 2.27. The molecule has 2 rings (SSSR count). The van der Waals surface area contributed by atoms with Crippen molar-refractivity contribution in [1.82, 2.24) is 9.97 Å².